The van der Waals surface area contributed by atoms with Crippen LogP contribution in [0, 0.1) is 5.92 Å². The van der Waals surface area contributed by atoms with Crippen molar-refractivity contribution in [1.82, 2.24) is 0 Å². The Morgan fingerprint density at radius 2 is 1.76 bits per heavy atom. The predicted octanol–water partition coefficient (Wildman–Crippen LogP) is 2.91. The van der Waals surface area contributed by atoms with E-state index in [0.717, 1.165) is 7.11 Å². The topological polar surface area (TPSA) is 52.6 Å². The molecule has 0 saturated carbocycles. The Kier molecular flexibility index (Phi) is 6.27. The number of benzene rings is 1. The van der Waals surface area contributed by atoms with Gasteiger partial charge in [0.25, 0.3) is 5.92 Å². The maximum Gasteiger partial charge on any atom is 0.308 e. The van der Waals surface area contributed by atoms with Crippen molar-refractivity contribution in [3.63, 3.8) is 0 Å². The van der Waals surface area contributed by atoms with E-state index in [4.69, 9.17) is 0 Å². The van der Waals surface area contributed by atoms with Gasteiger partial charge in [-0.15, -0.1) is 0 Å². The second kappa shape index (κ2) is 7.71. The minimum Gasteiger partial charge on any atom is -0.469 e. The molecule has 0 aromatic heterocycles. The smallest absolute Gasteiger partial charge is 0.308 e. The SMILES string of the molecule is COC(=O)CC[C@H](CC(F)(F)c1ccccc1)C(=O)OC. The summed E-state index contributed by atoms with van der Waals surface area (Å²) < 4.78 is 37.4. The highest BCUT2D eigenvalue weighted by molar-refractivity contribution is 5.74. The molecule has 0 aliphatic rings. The van der Waals surface area contributed by atoms with Gasteiger partial charge in [0.15, 0.2) is 0 Å². The number of carbonyl (C=O) groups excluding carboxylic acids is 2. The molecule has 0 N–H and O–H groups in total. The number of hydrogen-bond donors (Lipinski definition) is 0. The van der Waals surface area contributed by atoms with Crippen LogP contribution in [0.5, 0.6) is 0 Å². The van der Waals surface area contributed by atoms with Crippen molar-refractivity contribution in [2.45, 2.75) is 25.2 Å². The summed E-state index contributed by atoms with van der Waals surface area (Å²) in [6, 6.07) is 7.24. The summed E-state index contributed by atoms with van der Waals surface area (Å²) in [5, 5.41) is 0. The van der Waals surface area contributed by atoms with E-state index in [1.54, 1.807) is 6.07 Å². The highest BCUT2D eigenvalue weighted by atomic mass is 19.3. The summed E-state index contributed by atoms with van der Waals surface area (Å²) in [5.74, 6) is -5.54. The highest BCUT2D eigenvalue weighted by Crippen LogP contribution is 2.36. The van der Waals surface area contributed by atoms with Gasteiger partial charge in [-0.1, -0.05) is 30.3 Å². The molecule has 1 aromatic rings. The van der Waals surface area contributed by atoms with E-state index in [-0.39, 0.29) is 18.4 Å². The van der Waals surface area contributed by atoms with Crippen LogP contribution < -0.4 is 0 Å². The van der Waals surface area contributed by atoms with Gasteiger partial charge in [-0.3, -0.25) is 9.59 Å². The molecular formula is C15H18F2O4. The van der Waals surface area contributed by atoms with Gasteiger partial charge < -0.3 is 9.47 Å². The number of esters is 2. The zero-order valence-corrected chi connectivity index (χ0v) is 12.0. The molecule has 1 rings (SSSR count). The van der Waals surface area contributed by atoms with Crippen molar-refractivity contribution in [3.8, 4) is 0 Å². The first kappa shape index (κ1) is 17.1. The van der Waals surface area contributed by atoms with E-state index in [2.05, 4.69) is 9.47 Å². The first-order valence-corrected chi connectivity index (χ1v) is 6.48. The Morgan fingerprint density at radius 3 is 2.29 bits per heavy atom. The third-order valence-corrected chi connectivity index (χ3v) is 3.16. The Morgan fingerprint density at radius 1 is 1.14 bits per heavy atom. The van der Waals surface area contributed by atoms with Gasteiger partial charge in [0.2, 0.25) is 0 Å². The number of rotatable bonds is 7. The molecule has 0 saturated heterocycles. The van der Waals surface area contributed by atoms with E-state index in [1.165, 1.54) is 31.4 Å². The van der Waals surface area contributed by atoms with E-state index in [9.17, 15) is 18.4 Å². The molecule has 0 fully saturated rings. The van der Waals surface area contributed by atoms with Crippen LogP contribution in [0.3, 0.4) is 0 Å². The van der Waals surface area contributed by atoms with Crippen molar-refractivity contribution >= 4 is 11.9 Å². The molecule has 0 aliphatic heterocycles. The van der Waals surface area contributed by atoms with Gasteiger partial charge in [0.05, 0.1) is 20.1 Å². The zero-order valence-electron chi connectivity index (χ0n) is 12.0. The average Bonchev–Trinajstić information content (AvgIpc) is 2.51. The zero-order chi connectivity index (χ0) is 15.9. The lowest BCUT2D eigenvalue weighted by molar-refractivity contribution is -0.151. The molecule has 0 amide bonds. The maximum absolute atomic E-state index is 14.2. The predicted molar refractivity (Wildman–Crippen MR) is 71.7 cm³/mol. The number of halogens is 2. The fraction of sp³-hybridized carbons (Fsp3) is 0.467. The van der Waals surface area contributed by atoms with Gasteiger partial charge >= 0.3 is 11.9 Å². The van der Waals surface area contributed by atoms with Gasteiger partial charge in [0, 0.05) is 18.4 Å². The molecule has 0 bridgehead atoms. The molecule has 0 spiro atoms. The van der Waals surface area contributed by atoms with Crippen LogP contribution in [0.2, 0.25) is 0 Å². The Balaban J connectivity index is 2.80. The molecule has 0 unspecified atom stereocenters. The highest BCUT2D eigenvalue weighted by Gasteiger charge is 2.37. The van der Waals surface area contributed by atoms with E-state index in [0.29, 0.717) is 0 Å². The van der Waals surface area contributed by atoms with Gasteiger partial charge in [-0.25, -0.2) is 8.78 Å². The maximum atomic E-state index is 14.2. The van der Waals surface area contributed by atoms with Crippen molar-refractivity contribution in [2.24, 2.45) is 5.92 Å². The fourth-order valence-corrected chi connectivity index (χ4v) is 1.97. The standard InChI is InChI=1S/C15H18F2O4/c1-20-13(18)9-8-11(14(19)21-2)10-15(16,17)12-6-4-3-5-7-12/h3-7,11H,8-10H2,1-2H3/t11-/m1/s1. The summed E-state index contributed by atoms with van der Waals surface area (Å²) in [7, 11) is 2.34. The van der Waals surface area contributed by atoms with E-state index < -0.39 is 30.2 Å². The Bertz CT molecular complexity index is 474. The monoisotopic (exact) mass is 300 g/mol. The van der Waals surface area contributed by atoms with E-state index >= 15 is 0 Å². The number of ether oxygens (including phenoxy) is 2. The molecule has 0 radical (unpaired) electrons. The van der Waals surface area contributed by atoms with Gasteiger partial charge in [-0.05, 0) is 6.42 Å². The lowest BCUT2D eigenvalue weighted by Gasteiger charge is -2.22. The minimum absolute atomic E-state index is 0.0399. The van der Waals surface area contributed by atoms with Crippen LogP contribution in [-0.4, -0.2) is 26.2 Å². The summed E-state index contributed by atoms with van der Waals surface area (Å²) in [6.07, 6.45) is -0.858. The number of carbonyl (C=O) groups is 2. The van der Waals surface area contributed by atoms with Gasteiger partial charge in [-0.2, -0.15) is 0 Å². The number of methoxy groups -OCH3 is 2. The Hall–Kier alpha value is -1.98. The lowest BCUT2D eigenvalue weighted by atomic mass is 9.92. The lowest BCUT2D eigenvalue weighted by Crippen LogP contribution is -2.26. The minimum atomic E-state index is -3.17. The molecule has 0 aliphatic carbocycles. The summed E-state index contributed by atoms with van der Waals surface area (Å²) in [6.45, 7) is 0. The average molecular weight is 300 g/mol. The quantitative estimate of drug-likeness (QED) is 0.727. The van der Waals surface area contributed by atoms with E-state index in [1.807, 2.05) is 0 Å². The Labute approximate surface area is 122 Å². The summed E-state index contributed by atoms with van der Waals surface area (Å²) >= 11 is 0. The molecule has 0 heterocycles. The van der Waals surface area contributed by atoms with Crippen molar-refractivity contribution in [2.75, 3.05) is 14.2 Å². The van der Waals surface area contributed by atoms with Crippen molar-refractivity contribution < 1.29 is 27.8 Å². The van der Waals surface area contributed by atoms with Crippen LogP contribution in [0.15, 0.2) is 30.3 Å². The molecule has 1 atom stereocenters. The first-order chi connectivity index (χ1) is 9.90. The molecular weight excluding hydrogens is 282 g/mol. The van der Waals surface area contributed by atoms with Crippen molar-refractivity contribution in [3.05, 3.63) is 35.9 Å². The van der Waals surface area contributed by atoms with Crippen molar-refractivity contribution in [1.29, 1.82) is 0 Å². The second-order valence-electron chi connectivity index (χ2n) is 4.61. The molecule has 6 heteroatoms. The number of alkyl halides is 2. The first-order valence-electron chi connectivity index (χ1n) is 6.48. The third-order valence-electron chi connectivity index (χ3n) is 3.16. The molecule has 1 aromatic carbocycles. The van der Waals surface area contributed by atoms with Crippen LogP contribution in [0.1, 0.15) is 24.8 Å². The third kappa shape index (κ3) is 5.13. The molecule has 116 valence electrons. The van der Waals surface area contributed by atoms with Crippen LogP contribution in [0.25, 0.3) is 0 Å². The second-order valence-corrected chi connectivity index (χ2v) is 4.61. The van der Waals surface area contributed by atoms with Crippen LogP contribution >= 0.6 is 0 Å². The van der Waals surface area contributed by atoms with Crippen LogP contribution in [-0.2, 0) is 25.0 Å². The number of hydrogen-bond acceptors (Lipinski definition) is 4. The molecule has 21 heavy (non-hydrogen) atoms. The summed E-state index contributed by atoms with van der Waals surface area (Å²) in [4.78, 5) is 22.7. The normalized spacial score (nSPS) is 12.6. The fourth-order valence-electron chi connectivity index (χ4n) is 1.97. The van der Waals surface area contributed by atoms with Crippen LogP contribution in [0.4, 0.5) is 8.78 Å². The summed E-state index contributed by atoms with van der Waals surface area (Å²) in [5.41, 5.74) is -0.169. The van der Waals surface area contributed by atoms with Gasteiger partial charge in [0.1, 0.15) is 0 Å². The molecule has 4 nitrogen and oxygen atoms in total. The largest absolute Gasteiger partial charge is 0.469 e.